The fourth-order valence-corrected chi connectivity index (χ4v) is 3.46. The van der Waals surface area contributed by atoms with Gasteiger partial charge in [0.05, 0.1) is 12.7 Å². The maximum Gasteiger partial charge on any atom is 0.338 e. The highest BCUT2D eigenvalue weighted by Crippen LogP contribution is 2.25. The van der Waals surface area contributed by atoms with E-state index in [9.17, 15) is 18.0 Å². The summed E-state index contributed by atoms with van der Waals surface area (Å²) in [6.07, 6.45) is -0.166. The molecule has 7 nitrogen and oxygen atoms in total. The number of carbonyl (C=O) groups is 2. The van der Waals surface area contributed by atoms with Gasteiger partial charge in [-0.15, -0.1) is 0 Å². The first kappa shape index (κ1) is 21.6. The first-order valence-electron chi connectivity index (χ1n) is 8.69. The van der Waals surface area contributed by atoms with E-state index in [1.54, 1.807) is 12.1 Å². The molecule has 0 aliphatic carbocycles. The number of methoxy groups -OCH3 is 1. The zero-order chi connectivity index (χ0) is 20.9. The van der Waals surface area contributed by atoms with Crippen molar-refractivity contribution in [1.82, 2.24) is 4.72 Å². The fraction of sp³-hybridized carbons (Fsp3) is 0.300. The molecule has 1 atom stereocenters. The van der Waals surface area contributed by atoms with Gasteiger partial charge in [0, 0.05) is 5.56 Å². The highest BCUT2D eigenvalue weighted by molar-refractivity contribution is 7.89. The van der Waals surface area contributed by atoms with Crippen LogP contribution in [0.2, 0.25) is 0 Å². The van der Waals surface area contributed by atoms with E-state index in [1.165, 1.54) is 33.2 Å². The molecule has 0 radical (unpaired) electrons. The van der Waals surface area contributed by atoms with Crippen molar-refractivity contribution in [2.75, 3.05) is 14.2 Å². The molecule has 150 valence electrons. The van der Waals surface area contributed by atoms with E-state index in [0.717, 1.165) is 18.1 Å². The van der Waals surface area contributed by atoms with Crippen molar-refractivity contribution in [1.29, 1.82) is 0 Å². The third-order valence-electron chi connectivity index (χ3n) is 4.26. The van der Waals surface area contributed by atoms with Gasteiger partial charge in [0.1, 0.15) is 10.6 Å². The molecule has 0 amide bonds. The largest absolute Gasteiger partial charge is 0.495 e. The number of rotatable bonds is 8. The second-order valence-electron chi connectivity index (χ2n) is 6.04. The van der Waals surface area contributed by atoms with Crippen molar-refractivity contribution in [2.45, 2.75) is 31.3 Å². The van der Waals surface area contributed by atoms with Crippen molar-refractivity contribution in [3.05, 3.63) is 59.2 Å². The molecule has 2 rings (SSSR count). The summed E-state index contributed by atoms with van der Waals surface area (Å²) in [6.45, 7) is 3.49. The van der Waals surface area contributed by atoms with Crippen molar-refractivity contribution in [3.8, 4) is 5.75 Å². The fourth-order valence-electron chi connectivity index (χ4n) is 2.55. The normalized spacial score (nSPS) is 12.3. The molecule has 28 heavy (non-hydrogen) atoms. The average Bonchev–Trinajstić information content (AvgIpc) is 2.72. The Kier molecular flexibility index (Phi) is 6.93. The SMILES string of the molecule is CCc1ccc(C(=O)[C@@H](C)OC(=O)c2ccc(OC)c(S(=O)(=O)NC)c2)cc1. The van der Waals surface area contributed by atoms with Gasteiger partial charge >= 0.3 is 5.97 Å². The Balaban J connectivity index is 2.21. The zero-order valence-corrected chi connectivity index (χ0v) is 17.0. The minimum absolute atomic E-state index is 0.00407. The van der Waals surface area contributed by atoms with Crippen LogP contribution in [-0.4, -0.2) is 40.4 Å². The number of aryl methyl sites for hydroxylation is 1. The Labute approximate surface area is 164 Å². The van der Waals surface area contributed by atoms with Gasteiger partial charge in [-0.05, 0) is 44.2 Å². The molecule has 0 fully saturated rings. The summed E-state index contributed by atoms with van der Waals surface area (Å²) >= 11 is 0. The van der Waals surface area contributed by atoms with Crippen LogP contribution in [0, 0.1) is 0 Å². The number of ether oxygens (including phenoxy) is 2. The lowest BCUT2D eigenvalue weighted by Gasteiger charge is -2.14. The molecule has 0 spiro atoms. The Morgan fingerprint density at radius 3 is 2.21 bits per heavy atom. The summed E-state index contributed by atoms with van der Waals surface area (Å²) in [5, 5.41) is 0. The van der Waals surface area contributed by atoms with Crippen LogP contribution in [0.5, 0.6) is 5.75 Å². The van der Waals surface area contributed by atoms with E-state index in [2.05, 4.69) is 4.72 Å². The van der Waals surface area contributed by atoms with E-state index in [1.807, 2.05) is 19.1 Å². The third-order valence-corrected chi connectivity index (χ3v) is 5.69. The summed E-state index contributed by atoms with van der Waals surface area (Å²) in [5.74, 6) is -1.06. The molecule has 0 bridgehead atoms. The van der Waals surface area contributed by atoms with Gasteiger partial charge in [0.15, 0.2) is 6.10 Å². The van der Waals surface area contributed by atoms with Crippen molar-refractivity contribution in [3.63, 3.8) is 0 Å². The first-order valence-corrected chi connectivity index (χ1v) is 10.2. The number of nitrogens with one attached hydrogen (secondary N) is 1. The van der Waals surface area contributed by atoms with Crippen LogP contribution in [0.1, 0.15) is 40.1 Å². The highest BCUT2D eigenvalue weighted by Gasteiger charge is 2.24. The Morgan fingerprint density at radius 2 is 1.68 bits per heavy atom. The number of esters is 1. The van der Waals surface area contributed by atoms with Crippen LogP contribution in [0.4, 0.5) is 0 Å². The number of Topliss-reactive ketones (excluding diaryl/α,β-unsaturated/α-hetero) is 1. The predicted octanol–water partition coefficient (Wildman–Crippen LogP) is 2.59. The first-order chi connectivity index (χ1) is 13.2. The minimum atomic E-state index is -3.84. The number of benzene rings is 2. The summed E-state index contributed by atoms with van der Waals surface area (Å²) in [6, 6.07) is 11.0. The number of hydrogen-bond donors (Lipinski definition) is 1. The van der Waals surface area contributed by atoms with Crippen LogP contribution in [-0.2, 0) is 21.2 Å². The van der Waals surface area contributed by atoms with Gasteiger partial charge in [-0.2, -0.15) is 0 Å². The van der Waals surface area contributed by atoms with Crippen molar-refractivity contribution in [2.24, 2.45) is 0 Å². The molecule has 1 N–H and O–H groups in total. The lowest BCUT2D eigenvalue weighted by molar-refractivity contribution is 0.0318. The van der Waals surface area contributed by atoms with Gasteiger partial charge < -0.3 is 9.47 Å². The van der Waals surface area contributed by atoms with E-state index in [0.29, 0.717) is 5.56 Å². The van der Waals surface area contributed by atoms with E-state index in [4.69, 9.17) is 9.47 Å². The van der Waals surface area contributed by atoms with E-state index in [-0.39, 0.29) is 22.0 Å². The molecule has 0 unspecified atom stereocenters. The molecule has 8 heteroatoms. The number of carbonyl (C=O) groups excluding carboxylic acids is 2. The van der Waals surface area contributed by atoms with Crippen LogP contribution in [0.3, 0.4) is 0 Å². The molecule has 0 heterocycles. The molecule has 0 aliphatic heterocycles. The summed E-state index contributed by atoms with van der Waals surface area (Å²) in [7, 11) is -1.26. The lowest BCUT2D eigenvalue weighted by atomic mass is 10.0. The van der Waals surface area contributed by atoms with Crippen LogP contribution in [0.25, 0.3) is 0 Å². The molecule has 2 aromatic carbocycles. The van der Waals surface area contributed by atoms with Gasteiger partial charge in [-0.3, -0.25) is 4.79 Å². The van der Waals surface area contributed by atoms with Gasteiger partial charge in [-0.1, -0.05) is 31.2 Å². The van der Waals surface area contributed by atoms with Gasteiger partial charge in [0.25, 0.3) is 0 Å². The van der Waals surface area contributed by atoms with Crippen LogP contribution >= 0.6 is 0 Å². The van der Waals surface area contributed by atoms with Crippen molar-refractivity contribution >= 4 is 21.8 Å². The monoisotopic (exact) mass is 405 g/mol. The third kappa shape index (κ3) is 4.76. The second-order valence-corrected chi connectivity index (χ2v) is 7.89. The van der Waals surface area contributed by atoms with Gasteiger partial charge in [0.2, 0.25) is 15.8 Å². The van der Waals surface area contributed by atoms with Crippen LogP contribution < -0.4 is 9.46 Å². The maximum absolute atomic E-state index is 12.5. The van der Waals surface area contributed by atoms with Crippen molar-refractivity contribution < 1.29 is 27.5 Å². The Hall–Kier alpha value is -2.71. The Morgan fingerprint density at radius 1 is 1.07 bits per heavy atom. The van der Waals surface area contributed by atoms with E-state index < -0.39 is 22.1 Å². The molecule has 0 aliphatic rings. The maximum atomic E-state index is 12.5. The Bertz CT molecular complexity index is 967. The number of hydrogen-bond acceptors (Lipinski definition) is 6. The summed E-state index contributed by atoms with van der Waals surface area (Å²) in [4.78, 5) is 24.7. The quantitative estimate of drug-likeness (QED) is 0.535. The standard InChI is InChI=1S/C20H23NO6S/c1-5-14-6-8-15(9-7-14)19(22)13(2)27-20(23)16-10-11-17(26-4)18(12-16)28(24,25)21-3/h6-13,21H,5H2,1-4H3/t13-/m1/s1. The summed E-state index contributed by atoms with van der Waals surface area (Å²) < 4.78 is 36.7. The molecule has 0 saturated carbocycles. The second kappa shape index (κ2) is 8.99. The van der Waals surface area contributed by atoms with Crippen LogP contribution in [0.15, 0.2) is 47.4 Å². The smallest absolute Gasteiger partial charge is 0.338 e. The molecular weight excluding hydrogens is 382 g/mol. The zero-order valence-electron chi connectivity index (χ0n) is 16.2. The van der Waals surface area contributed by atoms with Gasteiger partial charge in [-0.25, -0.2) is 17.9 Å². The number of ketones is 1. The average molecular weight is 405 g/mol. The molecular formula is C20H23NO6S. The highest BCUT2D eigenvalue weighted by atomic mass is 32.2. The molecule has 0 aromatic heterocycles. The molecule has 2 aromatic rings. The molecule has 0 saturated heterocycles. The lowest BCUT2D eigenvalue weighted by Crippen LogP contribution is -2.25. The topological polar surface area (TPSA) is 98.8 Å². The van der Waals surface area contributed by atoms with E-state index >= 15 is 0 Å². The number of sulfonamides is 1. The summed E-state index contributed by atoms with van der Waals surface area (Å²) in [5.41, 5.74) is 1.53. The minimum Gasteiger partial charge on any atom is -0.495 e. The predicted molar refractivity (Wildman–Crippen MR) is 104 cm³/mol.